The van der Waals surface area contributed by atoms with Gasteiger partial charge in [-0.3, -0.25) is 0 Å². The van der Waals surface area contributed by atoms with E-state index in [0.29, 0.717) is 0 Å². The van der Waals surface area contributed by atoms with E-state index in [-0.39, 0.29) is 11.6 Å². The van der Waals surface area contributed by atoms with Crippen molar-refractivity contribution in [1.82, 2.24) is 0 Å². The fraction of sp³-hybridized carbons (Fsp3) is 0. The zero-order valence-corrected chi connectivity index (χ0v) is 7.51. The minimum atomic E-state index is -0.246. The Morgan fingerprint density at radius 2 is 1.85 bits per heavy atom. The molecule has 1 nitrogen and oxygen atoms in total. The first kappa shape index (κ1) is 8.26. The number of rotatable bonds is 1. The smallest absolute Gasteiger partial charge is 0.126 e. The highest BCUT2D eigenvalue weighted by Crippen LogP contribution is 2.30. The minimum absolute atomic E-state index is 0.246. The van der Waals surface area contributed by atoms with E-state index in [1.807, 2.05) is 0 Å². The van der Waals surface area contributed by atoms with Gasteiger partial charge in [-0.2, -0.15) is 0 Å². The molecule has 0 radical (unpaired) electrons. The third kappa shape index (κ3) is 1.70. The number of aromatic hydroxyl groups is 1. The van der Waals surface area contributed by atoms with Gasteiger partial charge in [0, 0.05) is 10.3 Å². The summed E-state index contributed by atoms with van der Waals surface area (Å²) in [6.07, 6.45) is 0. The fourth-order valence-electron chi connectivity index (χ4n) is 1.09. The molecule has 0 saturated carbocycles. The molecule has 1 N–H and O–H groups in total. The molecule has 3 heteroatoms. The van der Waals surface area contributed by atoms with Gasteiger partial charge in [0.2, 0.25) is 0 Å². The number of hydrogen-bond acceptors (Lipinski definition) is 2. The maximum absolute atomic E-state index is 12.6. The molecule has 0 aliphatic heterocycles. The third-order valence-electron chi connectivity index (χ3n) is 1.71. The summed E-state index contributed by atoms with van der Waals surface area (Å²) in [6.45, 7) is 0. The Labute approximate surface area is 79.1 Å². The van der Waals surface area contributed by atoms with Crippen LogP contribution in [-0.4, -0.2) is 5.11 Å². The molecule has 0 amide bonds. The second-order valence-electron chi connectivity index (χ2n) is 2.68. The van der Waals surface area contributed by atoms with Gasteiger partial charge >= 0.3 is 0 Å². The molecule has 0 saturated heterocycles. The van der Waals surface area contributed by atoms with Gasteiger partial charge in [0.15, 0.2) is 0 Å². The molecule has 0 aliphatic rings. The summed E-state index contributed by atoms with van der Waals surface area (Å²) in [7, 11) is 0. The molecule has 66 valence electrons. The van der Waals surface area contributed by atoms with Crippen LogP contribution in [0.3, 0.4) is 0 Å². The Hall–Kier alpha value is -1.35. The third-order valence-corrected chi connectivity index (χ3v) is 2.68. The van der Waals surface area contributed by atoms with Crippen LogP contribution in [0, 0.1) is 5.82 Å². The van der Waals surface area contributed by atoms with Gasteiger partial charge in [-0.25, -0.2) is 4.39 Å². The van der Waals surface area contributed by atoms with Crippen LogP contribution in [0.1, 0.15) is 0 Å². The molecule has 1 aromatic heterocycles. The standard InChI is InChI=1S/C10H7FOS/c11-8-3-1-7(2-4-8)10-5-9(12)6-13-10/h1-6,12H. The predicted octanol–water partition coefficient (Wildman–Crippen LogP) is 3.26. The normalized spacial score (nSPS) is 10.2. The van der Waals surface area contributed by atoms with Gasteiger partial charge in [-0.1, -0.05) is 12.1 Å². The molecule has 0 aliphatic carbocycles. The molecular weight excluding hydrogens is 187 g/mol. The van der Waals surface area contributed by atoms with E-state index in [2.05, 4.69) is 0 Å². The lowest BCUT2D eigenvalue weighted by Crippen LogP contribution is -1.73. The summed E-state index contributed by atoms with van der Waals surface area (Å²) in [5, 5.41) is 10.8. The van der Waals surface area contributed by atoms with E-state index in [9.17, 15) is 4.39 Å². The molecule has 1 aromatic carbocycles. The molecule has 13 heavy (non-hydrogen) atoms. The molecule has 2 rings (SSSR count). The first-order valence-electron chi connectivity index (χ1n) is 3.79. The van der Waals surface area contributed by atoms with Gasteiger partial charge in [0.25, 0.3) is 0 Å². The van der Waals surface area contributed by atoms with E-state index < -0.39 is 0 Å². The second-order valence-corrected chi connectivity index (χ2v) is 3.59. The van der Waals surface area contributed by atoms with E-state index in [1.54, 1.807) is 23.6 Å². The number of halogens is 1. The van der Waals surface area contributed by atoms with E-state index in [0.717, 1.165) is 10.4 Å². The zero-order valence-electron chi connectivity index (χ0n) is 6.70. The summed E-state index contributed by atoms with van der Waals surface area (Å²) in [4.78, 5) is 0.942. The van der Waals surface area contributed by atoms with E-state index in [4.69, 9.17) is 5.11 Å². The van der Waals surface area contributed by atoms with Crippen molar-refractivity contribution in [2.75, 3.05) is 0 Å². The van der Waals surface area contributed by atoms with E-state index >= 15 is 0 Å². The molecule has 0 atom stereocenters. The lowest BCUT2D eigenvalue weighted by Gasteiger charge is -1.95. The highest BCUT2D eigenvalue weighted by atomic mass is 32.1. The monoisotopic (exact) mass is 194 g/mol. The van der Waals surface area contributed by atoms with Crippen molar-refractivity contribution in [1.29, 1.82) is 0 Å². The second kappa shape index (κ2) is 3.18. The van der Waals surface area contributed by atoms with Crippen LogP contribution in [0.2, 0.25) is 0 Å². The lowest BCUT2D eigenvalue weighted by atomic mass is 10.2. The molecule has 0 unspecified atom stereocenters. The predicted molar refractivity (Wildman–Crippen MR) is 51.4 cm³/mol. The van der Waals surface area contributed by atoms with Crippen LogP contribution in [0.4, 0.5) is 4.39 Å². The van der Waals surface area contributed by atoms with Crippen LogP contribution in [0.5, 0.6) is 5.75 Å². The molecule has 0 bridgehead atoms. The van der Waals surface area contributed by atoms with Crippen LogP contribution in [0.15, 0.2) is 35.7 Å². The van der Waals surface area contributed by atoms with Gasteiger partial charge in [-0.05, 0) is 23.8 Å². The van der Waals surface area contributed by atoms with Gasteiger partial charge in [-0.15, -0.1) is 11.3 Å². The lowest BCUT2D eigenvalue weighted by molar-refractivity contribution is 0.478. The molecule has 1 heterocycles. The van der Waals surface area contributed by atoms with Crippen LogP contribution < -0.4 is 0 Å². The summed E-state index contributed by atoms with van der Waals surface area (Å²) in [6, 6.07) is 7.87. The molecular formula is C10H7FOS. The van der Waals surface area contributed by atoms with Crippen molar-refractivity contribution in [3.05, 3.63) is 41.5 Å². The first-order chi connectivity index (χ1) is 6.25. The Morgan fingerprint density at radius 3 is 2.38 bits per heavy atom. The molecule has 2 aromatic rings. The SMILES string of the molecule is Oc1csc(-c2ccc(F)cc2)c1. The molecule has 0 spiro atoms. The average molecular weight is 194 g/mol. The number of benzene rings is 1. The Balaban J connectivity index is 2.41. The average Bonchev–Trinajstić information content (AvgIpc) is 2.53. The maximum Gasteiger partial charge on any atom is 0.126 e. The van der Waals surface area contributed by atoms with Crippen molar-refractivity contribution in [2.45, 2.75) is 0 Å². The van der Waals surface area contributed by atoms with Crippen molar-refractivity contribution in [3.8, 4) is 16.2 Å². The Bertz CT molecular complexity index is 405. The first-order valence-corrected chi connectivity index (χ1v) is 4.67. The Kier molecular flexibility index (Phi) is 2.02. The largest absolute Gasteiger partial charge is 0.507 e. The zero-order chi connectivity index (χ0) is 9.26. The topological polar surface area (TPSA) is 20.2 Å². The summed E-state index contributed by atoms with van der Waals surface area (Å²) in [5.41, 5.74) is 0.923. The van der Waals surface area contributed by atoms with Crippen molar-refractivity contribution in [3.63, 3.8) is 0 Å². The van der Waals surface area contributed by atoms with Gasteiger partial charge < -0.3 is 5.11 Å². The van der Waals surface area contributed by atoms with E-state index in [1.165, 1.54) is 23.5 Å². The summed E-state index contributed by atoms with van der Waals surface area (Å²) in [5.74, 6) is 0.00820. The van der Waals surface area contributed by atoms with Gasteiger partial charge in [0.1, 0.15) is 11.6 Å². The maximum atomic E-state index is 12.6. The van der Waals surface area contributed by atoms with Gasteiger partial charge in [0.05, 0.1) is 0 Å². The van der Waals surface area contributed by atoms with Crippen LogP contribution in [-0.2, 0) is 0 Å². The summed E-state index contributed by atoms with van der Waals surface area (Å²) < 4.78 is 12.6. The van der Waals surface area contributed by atoms with Crippen molar-refractivity contribution in [2.24, 2.45) is 0 Å². The summed E-state index contributed by atoms with van der Waals surface area (Å²) >= 11 is 1.44. The highest BCUT2D eigenvalue weighted by molar-refractivity contribution is 7.13. The quantitative estimate of drug-likeness (QED) is 0.738. The van der Waals surface area contributed by atoms with Crippen molar-refractivity contribution < 1.29 is 9.50 Å². The number of thiophene rings is 1. The van der Waals surface area contributed by atoms with Crippen LogP contribution in [0.25, 0.3) is 10.4 Å². The Morgan fingerprint density at radius 1 is 1.15 bits per heavy atom. The van der Waals surface area contributed by atoms with Crippen LogP contribution >= 0.6 is 11.3 Å². The minimum Gasteiger partial charge on any atom is -0.507 e. The highest BCUT2D eigenvalue weighted by Gasteiger charge is 2.01. The van der Waals surface area contributed by atoms with Crippen molar-refractivity contribution >= 4 is 11.3 Å². The fourth-order valence-corrected chi connectivity index (χ4v) is 1.87. The number of hydrogen-bond donors (Lipinski definition) is 1. The molecule has 0 fully saturated rings.